The van der Waals surface area contributed by atoms with E-state index in [0.717, 1.165) is 11.1 Å². The molecule has 29 heavy (non-hydrogen) atoms. The number of aromatic nitrogens is 2. The number of alkyl halides is 3. The first kappa shape index (κ1) is 20.6. The summed E-state index contributed by atoms with van der Waals surface area (Å²) in [6.07, 6.45) is -4.76. The van der Waals surface area contributed by atoms with E-state index >= 15 is 0 Å². The van der Waals surface area contributed by atoms with Gasteiger partial charge in [-0.25, -0.2) is 4.79 Å². The molecule has 1 heterocycles. The van der Waals surface area contributed by atoms with E-state index in [1.165, 1.54) is 6.07 Å². The summed E-state index contributed by atoms with van der Waals surface area (Å²) in [5.74, 6) is -1.81. The predicted octanol–water partition coefficient (Wildman–Crippen LogP) is 4.98. The van der Waals surface area contributed by atoms with Crippen LogP contribution in [0.3, 0.4) is 0 Å². The fourth-order valence-electron chi connectivity index (χ4n) is 2.76. The highest BCUT2D eigenvalue weighted by atomic mass is 19.4. The van der Waals surface area contributed by atoms with Gasteiger partial charge in [-0.1, -0.05) is 48.0 Å². The van der Waals surface area contributed by atoms with Gasteiger partial charge in [-0.05, 0) is 31.0 Å². The smallest absolute Gasteiger partial charge is 0.401 e. The number of aryl methyl sites for hydroxylation is 2. The van der Waals surface area contributed by atoms with Crippen molar-refractivity contribution in [3.63, 3.8) is 0 Å². The van der Waals surface area contributed by atoms with Gasteiger partial charge in [-0.3, -0.25) is 0 Å². The van der Waals surface area contributed by atoms with Gasteiger partial charge in [0.2, 0.25) is 0 Å². The molecule has 0 atom stereocenters. The van der Waals surface area contributed by atoms with Crippen molar-refractivity contribution < 1.29 is 27.4 Å². The molecule has 0 bridgehead atoms. The second-order valence-electron chi connectivity index (χ2n) is 6.55. The number of imidazole rings is 1. The van der Waals surface area contributed by atoms with Crippen LogP contribution in [-0.4, -0.2) is 15.9 Å². The number of hydrogen-bond donors (Lipinski definition) is 1. The average Bonchev–Trinajstić information content (AvgIpc) is 3.05. The lowest BCUT2D eigenvalue weighted by atomic mass is 10.1. The van der Waals surface area contributed by atoms with Gasteiger partial charge in [0.15, 0.2) is 5.69 Å². The standard InChI is InChI=1S/C21H19F3N2O3/c1-13-8-9-16(14(2)10-13)20(27)29-19-18(21(22,23)24)25-17(26-19)12-28-11-15-6-4-3-5-7-15/h3-10H,11-12H2,1-2H3,(H,25,26). The molecule has 0 saturated carbocycles. The number of nitrogens with zero attached hydrogens (tertiary/aromatic N) is 1. The largest absolute Gasteiger partial charge is 0.436 e. The number of nitrogens with one attached hydrogen (secondary N) is 1. The molecule has 0 aliphatic rings. The molecule has 3 aromatic rings. The minimum Gasteiger partial charge on any atom is -0.401 e. The van der Waals surface area contributed by atoms with Gasteiger partial charge in [0, 0.05) is 0 Å². The van der Waals surface area contributed by atoms with E-state index in [1.807, 2.05) is 37.3 Å². The molecule has 1 N–H and O–H groups in total. The normalized spacial score (nSPS) is 11.5. The Kier molecular flexibility index (Phi) is 6.03. The number of halogens is 3. The number of hydrogen-bond acceptors (Lipinski definition) is 4. The zero-order valence-electron chi connectivity index (χ0n) is 15.8. The molecule has 2 aromatic carbocycles. The van der Waals surface area contributed by atoms with Gasteiger partial charge in [0.05, 0.1) is 12.2 Å². The van der Waals surface area contributed by atoms with Crippen LogP contribution >= 0.6 is 0 Å². The molecule has 0 radical (unpaired) electrons. The van der Waals surface area contributed by atoms with E-state index < -0.39 is 23.7 Å². The number of rotatable bonds is 6. The van der Waals surface area contributed by atoms with E-state index in [-0.39, 0.29) is 24.6 Å². The van der Waals surface area contributed by atoms with Crippen molar-refractivity contribution >= 4 is 5.97 Å². The Morgan fingerprint density at radius 3 is 2.45 bits per heavy atom. The van der Waals surface area contributed by atoms with Crippen LogP contribution in [0, 0.1) is 13.8 Å². The third-order valence-corrected chi connectivity index (χ3v) is 4.14. The van der Waals surface area contributed by atoms with Gasteiger partial charge in [0.1, 0.15) is 12.4 Å². The van der Waals surface area contributed by atoms with E-state index in [2.05, 4.69) is 9.97 Å². The topological polar surface area (TPSA) is 64.2 Å². The molecule has 0 aliphatic carbocycles. The number of esters is 1. The van der Waals surface area contributed by atoms with Gasteiger partial charge in [-0.15, -0.1) is 0 Å². The maximum absolute atomic E-state index is 13.3. The van der Waals surface area contributed by atoms with E-state index in [1.54, 1.807) is 19.1 Å². The van der Waals surface area contributed by atoms with Crippen LogP contribution in [0.5, 0.6) is 5.88 Å². The molecule has 3 rings (SSSR count). The molecule has 1 aromatic heterocycles. The highest BCUT2D eigenvalue weighted by Crippen LogP contribution is 2.35. The van der Waals surface area contributed by atoms with Crippen molar-refractivity contribution in [1.29, 1.82) is 0 Å². The Labute approximate surface area is 165 Å². The molecule has 5 nitrogen and oxygen atoms in total. The SMILES string of the molecule is Cc1ccc(C(=O)Oc2nc(COCc3ccccc3)[nH]c2C(F)(F)F)c(C)c1. The van der Waals surface area contributed by atoms with Crippen LogP contribution in [0.2, 0.25) is 0 Å². The van der Waals surface area contributed by atoms with Crippen molar-refractivity contribution in [2.75, 3.05) is 0 Å². The Morgan fingerprint density at radius 2 is 1.79 bits per heavy atom. The summed E-state index contributed by atoms with van der Waals surface area (Å²) in [5.41, 5.74) is 1.34. The lowest BCUT2D eigenvalue weighted by Crippen LogP contribution is -2.14. The first-order chi connectivity index (χ1) is 13.7. The minimum atomic E-state index is -4.76. The van der Waals surface area contributed by atoms with Crippen LogP contribution in [0.4, 0.5) is 13.2 Å². The number of benzene rings is 2. The maximum atomic E-state index is 13.3. The molecule has 0 aliphatic heterocycles. The number of carbonyl (C=O) groups is 1. The number of H-pyrrole nitrogens is 1. The summed E-state index contributed by atoms with van der Waals surface area (Å²) in [6.45, 7) is 3.54. The molecule has 0 amide bonds. The van der Waals surface area contributed by atoms with Gasteiger partial charge in [0.25, 0.3) is 5.88 Å². The molecule has 8 heteroatoms. The molecular formula is C21H19F3N2O3. The highest BCUT2D eigenvalue weighted by molar-refractivity contribution is 5.92. The van der Waals surface area contributed by atoms with E-state index in [9.17, 15) is 18.0 Å². The lowest BCUT2D eigenvalue weighted by Gasteiger charge is -2.08. The Balaban J connectivity index is 1.75. The van der Waals surface area contributed by atoms with Crippen molar-refractivity contribution in [3.05, 3.63) is 82.3 Å². The van der Waals surface area contributed by atoms with Crippen molar-refractivity contribution in [3.8, 4) is 5.88 Å². The molecule has 0 spiro atoms. The van der Waals surface area contributed by atoms with E-state index in [0.29, 0.717) is 5.56 Å². The summed E-state index contributed by atoms with van der Waals surface area (Å²) in [5, 5.41) is 0. The molecule has 0 unspecified atom stereocenters. The monoisotopic (exact) mass is 404 g/mol. The maximum Gasteiger partial charge on any atom is 0.436 e. The molecule has 0 fully saturated rings. The molecular weight excluding hydrogens is 385 g/mol. The summed E-state index contributed by atoms with van der Waals surface area (Å²) < 4.78 is 50.4. The first-order valence-corrected chi connectivity index (χ1v) is 8.81. The second kappa shape index (κ2) is 8.48. The zero-order chi connectivity index (χ0) is 21.0. The average molecular weight is 404 g/mol. The third kappa shape index (κ3) is 5.23. The van der Waals surface area contributed by atoms with Crippen LogP contribution < -0.4 is 4.74 Å². The predicted molar refractivity (Wildman–Crippen MR) is 99.4 cm³/mol. The number of carbonyl (C=O) groups excluding carboxylic acids is 1. The van der Waals surface area contributed by atoms with Crippen LogP contribution in [-0.2, 0) is 24.1 Å². The first-order valence-electron chi connectivity index (χ1n) is 8.81. The van der Waals surface area contributed by atoms with Gasteiger partial charge < -0.3 is 14.5 Å². The van der Waals surface area contributed by atoms with Crippen molar-refractivity contribution in [2.45, 2.75) is 33.2 Å². The van der Waals surface area contributed by atoms with Crippen LogP contribution in [0.25, 0.3) is 0 Å². The minimum absolute atomic E-state index is 0.0864. The zero-order valence-corrected chi connectivity index (χ0v) is 15.8. The summed E-state index contributed by atoms with van der Waals surface area (Å²) in [4.78, 5) is 18.3. The van der Waals surface area contributed by atoms with Gasteiger partial charge >= 0.3 is 12.1 Å². The van der Waals surface area contributed by atoms with Crippen LogP contribution in [0.15, 0.2) is 48.5 Å². The Hall–Kier alpha value is -3.13. The van der Waals surface area contributed by atoms with Crippen molar-refractivity contribution in [1.82, 2.24) is 9.97 Å². The Morgan fingerprint density at radius 1 is 1.07 bits per heavy atom. The van der Waals surface area contributed by atoms with E-state index in [4.69, 9.17) is 9.47 Å². The van der Waals surface area contributed by atoms with Gasteiger partial charge in [-0.2, -0.15) is 18.2 Å². The molecule has 152 valence electrons. The second-order valence-corrected chi connectivity index (χ2v) is 6.55. The van der Waals surface area contributed by atoms with Crippen molar-refractivity contribution in [2.24, 2.45) is 0 Å². The fraction of sp³-hybridized carbons (Fsp3) is 0.238. The van der Waals surface area contributed by atoms with Crippen LogP contribution in [0.1, 0.15) is 38.6 Å². The summed E-state index contributed by atoms with van der Waals surface area (Å²) in [6, 6.07) is 14.1. The summed E-state index contributed by atoms with van der Waals surface area (Å²) in [7, 11) is 0. The Bertz CT molecular complexity index is 998. The third-order valence-electron chi connectivity index (χ3n) is 4.14. The number of aromatic amines is 1. The summed E-state index contributed by atoms with van der Waals surface area (Å²) >= 11 is 0. The number of ether oxygens (including phenoxy) is 2. The molecule has 0 saturated heterocycles. The fourth-order valence-corrected chi connectivity index (χ4v) is 2.76. The quantitative estimate of drug-likeness (QED) is 0.589. The highest BCUT2D eigenvalue weighted by Gasteiger charge is 2.39. The lowest BCUT2D eigenvalue weighted by molar-refractivity contribution is -0.142.